The smallest absolute Gasteiger partial charge is 0.338 e. The number of piperidine rings is 1. The van der Waals surface area contributed by atoms with Gasteiger partial charge in [0.2, 0.25) is 0 Å². The molecule has 2 aliphatic rings. The van der Waals surface area contributed by atoms with E-state index in [-0.39, 0.29) is 18.1 Å². The van der Waals surface area contributed by atoms with Crippen LogP contribution in [0.2, 0.25) is 0 Å². The predicted molar refractivity (Wildman–Crippen MR) is 110 cm³/mol. The Bertz CT molecular complexity index is 747. The summed E-state index contributed by atoms with van der Waals surface area (Å²) >= 11 is 0. The summed E-state index contributed by atoms with van der Waals surface area (Å²) in [7, 11) is 0. The van der Waals surface area contributed by atoms with Crippen molar-refractivity contribution in [3.63, 3.8) is 0 Å². The lowest BCUT2D eigenvalue weighted by Crippen LogP contribution is -2.47. The van der Waals surface area contributed by atoms with Crippen LogP contribution in [0.1, 0.15) is 58.6 Å². The number of nitrogens with one attached hydrogen (secondary N) is 2. The van der Waals surface area contributed by atoms with Gasteiger partial charge in [0.15, 0.2) is 0 Å². The van der Waals surface area contributed by atoms with Gasteiger partial charge in [0.25, 0.3) is 0 Å². The lowest BCUT2D eigenvalue weighted by atomic mass is 9.91. The molecular formula is C22H31N3O3. The Morgan fingerprint density at radius 3 is 2.29 bits per heavy atom. The average molecular weight is 386 g/mol. The topological polar surface area (TPSA) is 70.7 Å². The molecule has 0 radical (unpaired) electrons. The Morgan fingerprint density at radius 2 is 1.71 bits per heavy atom. The normalized spacial score (nSPS) is 20.3. The standard InChI is InChI=1S/C22H31N3O3/c1-14(2)19-18(21(26)28-15(3)4)20(24-22(27)23-19)16-8-10-17(11-9-16)25-12-6-5-7-13-25/h8-11,14-15,20H,5-7,12-13H2,1-4H3,(H2,23,24,27). The van der Waals surface area contributed by atoms with E-state index in [1.165, 1.54) is 24.9 Å². The second-order valence-electron chi connectivity index (χ2n) is 8.11. The Kier molecular flexibility index (Phi) is 6.27. The van der Waals surface area contributed by atoms with Crippen LogP contribution in [0.3, 0.4) is 0 Å². The predicted octanol–water partition coefficient (Wildman–Crippen LogP) is 3.89. The van der Waals surface area contributed by atoms with Crippen LogP contribution in [0.4, 0.5) is 10.5 Å². The highest BCUT2D eigenvalue weighted by molar-refractivity contribution is 5.95. The van der Waals surface area contributed by atoms with E-state index in [1.54, 1.807) is 0 Å². The summed E-state index contributed by atoms with van der Waals surface area (Å²) in [6, 6.07) is 7.34. The van der Waals surface area contributed by atoms with E-state index in [9.17, 15) is 9.59 Å². The number of esters is 1. The quantitative estimate of drug-likeness (QED) is 0.755. The number of benzene rings is 1. The van der Waals surface area contributed by atoms with Crippen molar-refractivity contribution in [1.29, 1.82) is 0 Å². The third kappa shape index (κ3) is 4.49. The Balaban J connectivity index is 1.93. The molecule has 2 aliphatic heterocycles. The molecule has 1 aromatic rings. The zero-order valence-electron chi connectivity index (χ0n) is 17.2. The van der Waals surface area contributed by atoms with Crippen molar-refractivity contribution in [2.45, 2.75) is 59.1 Å². The SMILES string of the molecule is CC(C)OC(=O)C1=C(C(C)C)NC(=O)NC1c1ccc(N2CCCCC2)cc1. The number of urea groups is 1. The molecule has 0 aliphatic carbocycles. The number of allylic oxidation sites excluding steroid dienone is 1. The molecule has 2 heterocycles. The van der Waals surface area contributed by atoms with Crippen LogP contribution in [0.25, 0.3) is 0 Å². The fourth-order valence-corrected chi connectivity index (χ4v) is 3.82. The summed E-state index contributed by atoms with van der Waals surface area (Å²) in [5, 5.41) is 5.70. The van der Waals surface area contributed by atoms with Crippen molar-refractivity contribution in [3.05, 3.63) is 41.1 Å². The molecule has 1 fully saturated rings. The first-order chi connectivity index (χ1) is 13.4. The van der Waals surface area contributed by atoms with Gasteiger partial charge in [0, 0.05) is 24.5 Å². The van der Waals surface area contributed by atoms with Gasteiger partial charge in [-0.15, -0.1) is 0 Å². The molecule has 1 aromatic carbocycles. The van der Waals surface area contributed by atoms with Crippen LogP contribution in [-0.2, 0) is 9.53 Å². The summed E-state index contributed by atoms with van der Waals surface area (Å²) in [4.78, 5) is 27.5. The minimum absolute atomic E-state index is 0.00381. The maximum absolute atomic E-state index is 12.8. The molecule has 3 rings (SSSR count). The van der Waals surface area contributed by atoms with E-state index in [1.807, 2.05) is 39.8 Å². The molecule has 0 bridgehead atoms. The van der Waals surface area contributed by atoms with Crippen molar-refractivity contribution in [2.75, 3.05) is 18.0 Å². The Labute approximate surface area is 167 Å². The highest BCUT2D eigenvalue weighted by atomic mass is 16.5. The van der Waals surface area contributed by atoms with Gasteiger partial charge in [0.05, 0.1) is 17.7 Å². The van der Waals surface area contributed by atoms with Crippen molar-refractivity contribution in [1.82, 2.24) is 10.6 Å². The van der Waals surface area contributed by atoms with Crippen LogP contribution in [0.15, 0.2) is 35.5 Å². The molecule has 0 spiro atoms. The van der Waals surface area contributed by atoms with E-state index in [0.29, 0.717) is 11.3 Å². The molecular weight excluding hydrogens is 354 g/mol. The van der Waals surface area contributed by atoms with Crippen molar-refractivity contribution < 1.29 is 14.3 Å². The summed E-state index contributed by atoms with van der Waals surface area (Å²) in [5.74, 6) is -0.396. The number of amides is 2. The second kappa shape index (κ2) is 8.67. The van der Waals surface area contributed by atoms with Crippen molar-refractivity contribution >= 4 is 17.7 Å². The van der Waals surface area contributed by atoms with Gasteiger partial charge in [-0.2, -0.15) is 0 Å². The average Bonchev–Trinajstić information content (AvgIpc) is 2.67. The van der Waals surface area contributed by atoms with E-state index in [2.05, 4.69) is 27.7 Å². The molecule has 2 amide bonds. The van der Waals surface area contributed by atoms with E-state index >= 15 is 0 Å². The van der Waals surface area contributed by atoms with Gasteiger partial charge in [-0.1, -0.05) is 26.0 Å². The molecule has 6 heteroatoms. The summed E-state index contributed by atoms with van der Waals surface area (Å²) < 4.78 is 5.48. The number of nitrogens with zero attached hydrogens (tertiary/aromatic N) is 1. The summed E-state index contributed by atoms with van der Waals surface area (Å²) in [6.07, 6.45) is 3.50. The van der Waals surface area contributed by atoms with E-state index in [0.717, 1.165) is 18.7 Å². The molecule has 0 saturated carbocycles. The highest BCUT2D eigenvalue weighted by Crippen LogP contribution is 2.32. The van der Waals surface area contributed by atoms with Crippen LogP contribution in [-0.4, -0.2) is 31.2 Å². The Morgan fingerprint density at radius 1 is 1.07 bits per heavy atom. The number of carbonyl (C=O) groups excluding carboxylic acids is 2. The molecule has 1 atom stereocenters. The molecule has 28 heavy (non-hydrogen) atoms. The van der Waals surface area contributed by atoms with Gasteiger partial charge < -0.3 is 20.3 Å². The number of carbonyl (C=O) groups is 2. The molecule has 2 N–H and O–H groups in total. The van der Waals surface area contributed by atoms with Crippen molar-refractivity contribution in [2.24, 2.45) is 5.92 Å². The first kappa shape index (κ1) is 20.2. The summed E-state index contributed by atoms with van der Waals surface area (Å²) in [5.41, 5.74) is 3.17. The van der Waals surface area contributed by atoms with Gasteiger partial charge >= 0.3 is 12.0 Å². The van der Waals surface area contributed by atoms with Gasteiger partial charge in [0.1, 0.15) is 0 Å². The highest BCUT2D eigenvalue weighted by Gasteiger charge is 2.35. The number of hydrogen-bond donors (Lipinski definition) is 2. The minimum Gasteiger partial charge on any atom is -0.459 e. The molecule has 6 nitrogen and oxygen atoms in total. The van der Waals surface area contributed by atoms with Crippen molar-refractivity contribution in [3.8, 4) is 0 Å². The molecule has 1 unspecified atom stereocenters. The molecule has 1 saturated heterocycles. The zero-order chi connectivity index (χ0) is 20.3. The summed E-state index contributed by atoms with van der Waals surface area (Å²) in [6.45, 7) is 9.72. The molecule has 0 aromatic heterocycles. The number of rotatable bonds is 5. The first-order valence-electron chi connectivity index (χ1n) is 10.2. The lowest BCUT2D eigenvalue weighted by molar-refractivity contribution is -0.143. The largest absolute Gasteiger partial charge is 0.459 e. The number of anilines is 1. The minimum atomic E-state index is -0.521. The monoisotopic (exact) mass is 385 g/mol. The first-order valence-corrected chi connectivity index (χ1v) is 10.2. The van der Waals surface area contributed by atoms with E-state index in [4.69, 9.17) is 4.74 Å². The maximum atomic E-state index is 12.8. The number of hydrogen-bond acceptors (Lipinski definition) is 4. The lowest BCUT2D eigenvalue weighted by Gasteiger charge is -2.32. The van der Waals surface area contributed by atoms with Gasteiger partial charge in [-0.3, -0.25) is 0 Å². The second-order valence-corrected chi connectivity index (χ2v) is 8.11. The van der Waals surface area contributed by atoms with E-state index < -0.39 is 12.0 Å². The van der Waals surface area contributed by atoms with Crippen LogP contribution >= 0.6 is 0 Å². The van der Waals surface area contributed by atoms with Gasteiger partial charge in [-0.25, -0.2) is 9.59 Å². The zero-order valence-corrected chi connectivity index (χ0v) is 17.2. The van der Waals surface area contributed by atoms with Gasteiger partial charge in [-0.05, 0) is 56.7 Å². The third-order valence-corrected chi connectivity index (χ3v) is 5.19. The molecule has 152 valence electrons. The fourth-order valence-electron chi connectivity index (χ4n) is 3.82. The number of ether oxygens (including phenoxy) is 1. The van der Waals surface area contributed by atoms with Crippen LogP contribution < -0.4 is 15.5 Å². The fraction of sp³-hybridized carbons (Fsp3) is 0.545. The van der Waals surface area contributed by atoms with Crippen LogP contribution in [0.5, 0.6) is 0 Å². The van der Waals surface area contributed by atoms with Crippen LogP contribution in [0, 0.1) is 5.92 Å². The third-order valence-electron chi connectivity index (χ3n) is 5.19. The maximum Gasteiger partial charge on any atom is 0.338 e. The Hall–Kier alpha value is -2.50.